The van der Waals surface area contributed by atoms with Crippen molar-refractivity contribution >= 4 is 21.8 Å². The van der Waals surface area contributed by atoms with Crippen molar-refractivity contribution < 1.29 is 22.6 Å². The van der Waals surface area contributed by atoms with Crippen molar-refractivity contribution in [3.05, 3.63) is 0 Å². The van der Waals surface area contributed by atoms with E-state index in [9.17, 15) is 22.6 Å². The first-order valence-electron chi connectivity index (χ1n) is 14.2. The van der Waals surface area contributed by atoms with Crippen LogP contribution in [0, 0.1) is 46.3 Å². The van der Waals surface area contributed by atoms with Crippen LogP contribution in [-0.2, 0) is 19.7 Å². The number of likely N-dealkylation sites (tertiary alicyclic amines) is 1. The van der Waals surface area contributed by atoms with E-state index < -0.39 is 15.4 Å². The molecule has 1 aliphatic heterocycles. The van der Waals surface area contributed by atoms with Crippen molar-refractivity contribution in [3.63, 3.8) is 0 Å². The number of rotatable bonds is 5. The SMILES string of the molecule is C[C@H](CCC(=O)N1CC[C@@H](S(=O)(=O)O)C1)[C@H]1CC[C@H]2[C@@H]3CC[C@@H]4CC(=O)CC[C@]4(C)[C@H]3CC[C@]12C. The molecule has 7 heteroatoms. The number of hydrogen-bond acceptors (Lipinski definition) is 4. The number of nitrogens with zero attached hydrogens (tertiary/aromatic N) is 1. The molecular weight excluding hydrogens is 462 g/mol. The third kappa shape index (κ3) is 4.41. The summed E-state index contributed by atoms with van der Waals surface area (Å²) in [5.74, 6) is 4.57. The predicted molar refractivity (Wildman–Crippen MR) is 135 cm³/mol. The van der Waals surface area contributed by atoms with Crippen molar-refractivity contribution in [2.45, 2.75) is 103 Å². The van der Waals surface area contributed by atoms with Crippen LogP contribution in [0.25, 0.3) is 0 Å². The number of fused-ring (bicyclic) bond motifs is 5. The molecule has 1 saturated heterocycles. The molecule has 0 aromatic carbocycles. The van der Waals surface area contributed by atoms with Gasteiger partial charge in [0, 0.05) is 32.4 Å². The van der Waals surface area contributed by atoms with Crippen LogP contribution in [-0.4, -0.2) is 47.9 Å². The van der Waals surface area contributed by atoms with Gasteiger partial charge in [-0.25, -0.2) is 0 Å². The second kappa shape index (κ2) is 9.11. The van der Waals surface area contributed by atoms with Gasteiger partial charge in [-0.05, 0) is 104 Å². The Hall–Kier alpha value is -0.950. The van der Waals surface area contributed by atoms with Crippen molar-refractivity contribution in [1.29, 1.82) is 0 Å². The number of amides is 1. The summed E-state index contributed by atoms with van der Waals surface area (Å²) in [5, 5.41) is -0.826. The second-order valence-corrected chi connectivity index (χ2v) is 15.1. The first-order chi connectivity index (χ1) is 16.4. The summed E-state index contributed by atoms with van der Waals surface area (Å²) in [5.41, 5.74) is 0.699. The lowest BCUT2D eigenvalue weighted by Gasteiger charge is -2.60. The van der Waals surface area contributed by atoms with Crippen molar-refractivity contribution in [3.8, 4) is 0 Å². The molecule has 1 N–H and O–H groups in total. The van der Waals surface area contributed by atoms with E-state index in [0.717, 1.165) is 43.4 Å². The van der Waals surface area contributed by atoms with E-state index in [4.69, 9.17) is 0 Å². The van der Waals surface area contributed by atoms with E-state index >= 15 is 0 Å². The Bertz CT molecular complexity index is 964. The molecule has 0 bridgehead atoms. The monoisotopic (exact) mass is 507 g/mol. The van der Waals surface area contributed by atoms with E-state index in [1.54, 1.807) is 4.90 Å². The van der Waals surface area contributed by atoms with Crippen LogP contribution in [0.2, 0.25) is 0 Å². The first kappa shape index (κ1) is 25.7. The zero-order valence-corrected chi connectivity index (χ0v) is 22.7. The van der Waals surface area contributed by atoms with Crippen molar-refractivity contribution in [2.75, 3.05) is 13.1 Å². The zero-order valence-electron chi connectivity index (χ0n) is 21.9. The van der Waals surface area contributed by atoms with Gasteiger partial charge in [0.25, 0.3) is 10.1 Å². The molecule has 5 aliphatic rings. The Labute approximate surface area is 211 Å². The maximum absolute atomic E-state index is 12.8. The summed E-state index contributed by atoms with van der Waals surface area (Å²) in [6.45, 7) is 7.93. The summed E-state index contributed by atoms with van der Waals surface area (Å²) in [4.78, 5) is 26.6. The highest BCUT2D eigenvalue weighted by atomic mass is 32.2. The van der Waals surface area contributed by atoms with E-state index in [2.05, 4.69) is 20.8 Å². The molecule has 5 fully saturated rings. The van der Waals surface area contributed by atoms with Gasteiger partial charge in [-0.15, -0.1) is 0 Å². The average molecular weight is 508 g/mol. The summed E-state index contributed by atoms with van der Waals surface area (Å²) < 4.78 is 32.2. The third-order valence-corrected chi connectivity index (χ3v) is 13.2. The van der Waals surface area contributed by atoms with Gasteiger partial charge in [0.15, 0.2) is 0 Å². The lowest BCUT2D eigenvalue weighted by molar-refractivity contribution is -0.140. The summed E-state index contributed by atoms with van der Waals surface area (Å²) in [6, 6.07) is 0. The summed E-state index contributed by atoms with van der Waals surface area (Å²) >= 11 is 0. The molecule has 0 aromatic heterocycles. The molecule has 198 valence electrons. The zero-order chi connectivity index (χ0) is 25.2. The quantitative estimate of drug-likeness (QED) is 0.522. The van der Waals surface area contributed by atoms with Crippen LogP contribution in [0.5, 0.6) is 0 Å². The van der Waals surface area contributed by atoms with E-state index in [1.807, 2.05) is 0 Å². The smallest absolute Gasteiger partial charge is 0.269 e. The van der Waals surface area contributed by atoms with E-state index in [0.29, 0.717) is 53.8 Å². The van der Waals surface area contributed by atoms with Gasteiger partial charge < -0.3 is 4.90 Å². The Morgan fingerprint density at radius 3 is 2.51 bits per heavy atom. The summed E-state index contributed by atoms with van der Waals surface area (Å²) in [6.07, 6.45) is 12.0. The number of hydrogen-bond donors (Lipinski definition) is 1. The minimum atomic E-state index is -4.07. The predicted octanol–water partition coefficient (Wildman–Crippen LogP) is 5.12. The third-order valence-electron chi connectivity index (χ3n) is 12.0. The molecule has 4 saturated carbocycles. The number of carbonyl (C=O) groups is 2. The van der Waals surface area contributed by atoms with Gasteiger partial charge >= 0.3 is 0 Å². The first-order valence-corrected chi connectivity index (χ1v) is 15.7. The maximum Gasteiger partial charge on any atom is 0.269 e. The molecule has 5 rings (SSSR count). The second-order valence-electron chi connectivity index (χ2n) is 13.4. The standard InChI is InChI=1S/C28H45NO5S/c1-18(4-9-26(31)29-15-12-21(17-29)35(32,33)34)23-7-8-24-22-6-5-19-16-20(30)10-13-27(19,2)25(22)11-14-28(23,24)3/h18-19,21-25H,4-17H2,1-3H3,(H,32,33,34)/t18-,19-,21-,22+,23-,24+,25+,27+,28-/m1/s1. The van der Waals surface area contributed by atoms with Crippen LogP contribution in [0.4, 0.5) is 0 Å². The van der Waals surface area contributed by atoms with Gasteiger partial charge in [0.2, 0.25) is 5.91 Å². The van der Waals surface area contributed by atoms with E-state index in [-0.39, 0.29) is 12.5 Å². The molecule has 0 aromatic rings. The number of carbonyl (C=O) groups excluding carboxylic acids is 2. The molecule has 1 heterocycles. The van der Waals surface area contributed by atoms with Crippen LogP contribution in [0.15, 0.2) is 0 Å². The molecule has 6 nitrogen and oxygen atoms in total. The molecule has 9 atom stereocenters. The minimum Gasteiger partial charge on any atom is -0.341 e. The number of ketones is 1. The Morgan fingerprint density at radius 2 is 1.80 bits per heavy atom. The highest BCUT2D eigenvalue weighted by Crippen LogP contribution is 2.68. The van der Waals surface area contributed by atoms with Gasteiger partial charge in [-0.2, -0.15) is 8.42 Å². The fourth-order valence-corrected chi connectivity index (χ4v) is 10.7. The van der Waals surface area contributed by atoms with Gasteiger partial charge in [-0.1, -0.05) is 20.8 Å². The fraction of sp³-hybridized carbons (Fsp3) is 0.929. The minimum absolute atomic E-state index is 0.0319. The van der Waals surface area contributed by atoms with Crippen LogP contribution in [0.3, 0.4) is 0 Å². The lowest BCUT2D eigenvalue weighted by atomic mass is 9.44. The maximum atomic E-state index is 12.8. The molecular formula is C28H45NO5S. The fourth-order valence-electron chi connectivity index (χ4n) is 9.93. The van der Waals surface area contributed by atoms with E-state index in [1.165, 1.54) is 38.5 Å². The molecule has 1 amide bonds. The topological polar surface area (TPSA) is 91.8 Å². The molecule has 4 aliphatic carbocycles. The van der Waals surface area contributed by atoms with Crippen LogP contribution < -0.4 is 0 Å². The van der Waals surface area contributed by atoms with Crippen LogP contribution >= 0.6 is 0 Å². The highest BCUT2D eigenvalue weighted by Gasteiger charge is 2.60. The van der Waals surface area contributed by atoms with Crippen molar-refractivity contribution in [1.82, 2.24) is 4.90 Å². The van der Waals surface area contributed by atoms with Crippen LogP contribution in [0.1, 0.15) is 97.8 Å². The Morgan fingerprint density at radius 1 is 1.06 bits per heavy atom. The molecule has 35 heavy (non-hydrogen) atoms. The summed E-state index contributed by atoms with van der Waals surface area (Å²) in [7, 11) is -4.07. The normalized spacial score (nSPS) is 44.5. The average Bonchev–Trinajstić information content (AvgIpc) is 3.43. The molecule has 0 radical (unpaired) electrons. The van der Waals surface area contributed by atoms with Gasteiger partial charge in [-0.3, -0.25) is 14.1 Å². The highest BCUT2D eigenvalue weighted by molar-refractivity contribution is 7.86. The van der Waals surface area contributed by atoms with Gasteiger partial charge in [0.1, 0.15) is 11.0 Å². The molecule has 0 unspecified atom stereocenters. The van der Waals surface area contributed by atoms with Crippen molar-refractivity contribution in [2.24, 2.45) is 46.3 Å². The Kier molecular flexibility index (Phi) is 6.69. The van der Waals surface area contributed by atoms with Gasteiger partial charge in [0.05, 0.1) is 0 Å². The molecule has 0 spiro atoms. The largest absolute Gasteiger partial charge is 0.341 e. The number of Topliss-reactive ketones (excluding diaryl/α,β-unsaturated/α-hetero) is 1. The lowest BCUT2D eigenvalue weighted by Crippen LogP contribution is -2.53. The Balaban J connectivity index is 1.20.